The first kappa shape index (κ1) is 40.8. The van der Waals surface area contributed by atoms with Crippen LogP contribution < -0.4 is 4.90 Å². The van der Waals surface area contributed by atoms with E-state index in [1.807, 2.05) is 6.07 Å². The topological polar surface area (TPSA) is 20.3 Å². The van der Waals surface area contributed by atoms with Crippen molar-refractivity contribution in [2.75, 3.05) is 4.90 Å². The van der Waals surface area contributed by atoms with Crippen molar-refractivity contribution < 1.29 is 4.79 Å². The minimum atomic E-state index is -0.363. The first-order valence-corrected chi connectivity index (χ1v) is 22.6. The van der Waals surface area contributed by atoms with E-state index >= 15 is 0 Å². The van der Waals surface area contributed by atoms with Gasteiger partial charge in [0, 0.05) is 22.1 Å². The van der Waals surface area contributed by atoms with E-state index in [1.165, 1.54) is 78.1 Å². The molecular weight excluding hydrogens is 775 g/mol. The molecule has 2 aliphatic rings. The van der Waals surface area contributed by atoms with E-state index < -0.39 is 0 Å². The summed E-state index contributed by atoms with van der Waals surface area (Å²) in [6, 6.07) is 66.3. The van der Waals surface area contributed by atoms with Crippen LogP contribution in [-0.4, -0.2) is 6.29 Å². The van der Waals surface area contributed by atoms with Gasteiger partial charge in [0.15, 0.2) is 0 Å². The fraction of sp³-hybridized carbons (Fsp3) is 0.145. The predicted molar refractivity (Wildman–Crippen MR) is 270 cm³/mol. The van der Waals surface area contributed by atoms with E-state index in [0.717, 1.165) is 47.1 Å². The monoisotopic (exact) mass is 827 g/mol. The molecule has 0 unspecified atom stereocenters. The first-order chi connectivity index (χ1) is 31.1. The van der Waals surface area contributed by atoms with Crippen LogP contribution in [0.25, 0.3) is 50.1 Å². The van der Waals surface area contributed by atoms with Gasteiger partial charge in [-0.15, -0.1) is 0 Å². The third kappa shape index (κ3) is 7.33. The van der Waals surface area contributed by atoms with Gasteiger partial charge in [-0.1, -0.05) is 173 Å². The SMILES string of the molecule is Cc1ccccc1C(C)(C)c1cc(-c2ccc(N3c4ccc(-c5cccc(C6=CCCC=C6)c5)cc4C(C)(C)c4cc(-c5cccc(-c6ccccc6)c5)ccc43)cc2)ccc1C=O. The summed E-state index contributed by atoms with van der Waals surface area (Å²) >= 11 is 0. The van der Waals surface area contributed by atoms with Crippen LogP contribution in [0, 0.1) is 6.92 Å². The lowest BCUT2D eigenvalue weighted by molar-refractivity contribution is 0.112. The zero-order valence-electron chi connectivity index (χ0n) is 37.4. The van der Waals surface area contributed by atoms with Crippen LogP contribution in [0.4, 0.5) is 17.1 Å². The second kappa shape index (κ2) is 16.4. The summed E-state index contributed by atoms with van der Waals surface area (Å²) in [4.78, 5) is 14.9. The number of benzene rings is 8. The minimum Gasteiger partial charge on any atom is -0.310 e. The quantitative estimate of drug-likeness (QED) is 0.135. The molecule has 2 nitrogen and oxygen atoms in total. The van der Waals surface area contributed by atoms with E-state index in [4.69, 9.17) is 0 Å². The summed E-state index contributed by atoms with van der Waals surface area (Å²) < 4.78 is 0. The second-order valence-corrected chi connectivity index (χ2v) is 18.5. The molecule has 10 rings (SSSR count). The van der Waals surface area contributed by atoms with Gasteiger partial charge in [0.2, 0.25) is 0 Å². The summed E-state index contributed by atoms with van der Waals surface area (Å²) in [6.45, 7) is 11.3. The molecule has 1 heterocycles. The van der Waals surface area contributed by atoms with Crippen LogP contribution in [0.3, 0.4) is 0 Å². The molecule has 0 N–H and O–H groups in total. The van der Waals surface area contributed by atoms with Crippen molar-refractivity contribution in [3.05, 3.63) is 239 Å². The summed E-state index contributed by atoms with van der Waals surface area (Å²) in [5.41, 5.74) is 21.5. The lowest BCUT2D eigenvalue weighted by Crippen LogP contribution is -2.30. The number of nitrogens with zero attached hydrogens (tertiary/aromatic N) is 1. The second-order valence-electron chi connectivity index (χ2n) is 18.5. The maximum atomic E-state index is 12.5. The highest BCUT2D eigenvalue weighted by Crippen LogP contribution is 2.54. The number of allylic oxidation sites excluding steroid dienone is 4. The zero-order valence-corrected chi connectivity index (χ0v) is 37.4. The molecule has 1 aliphatic carbocycles. The van der Waals surface area contributed by atoms with Crippen LogP contribution in [0.1, 0.15) is 84.3 Å². The maximum Gasteiger partial charge on any atom is 0.150 e. The average molecular weight is 828 g/mol. The third-order valence-corrected chi connectivity index (χ3v) is 13.8. The molecule has 64 heavy (non-hydrogen) atoms. The largest absolute Gasteiger partial charge is 0.310 e. The smallest absolute Gasteiger partial charge is 0.150 e. The minimum absolute atomic E-state index is 0.308. The van der Waals surface area contributed by atoms with E-state index in [0.29, 0.717) is 0 Å². The molecule has 1 aliphatic heterocycles. The highest BCUT2D eigenvalue weighted by Gasteiger charge is 2.38. The Bertz CT molecular complexity index is 3130. The highest BCUT2D eigenvalue weighted by atomic mass is 16.1. The molecular formula is C62H53NO. The summed E-state index contributed by atoms with van der Waals surface area (Å²) in [6.07, 6.45) is 10.1. The molecule has 0 atom stereocenters. The summed E-state index contributed by atoms with van der Waals surface area (Å²) in [5, 5.41) is 0. The molecule has 0 aromatic heterocycles. The van der Waals surface area contributed by atoms with Crippen LogP contribution in [0.5, 0.6) is 0 Å². The molecule has 8 aromatic carbocycles. The van der Waals surface area contributed by atoms with E-state index in [2.05, 4.69) is 234 Å². The lowest BCUT2D eigenvalue weighted by Gasteiger charge is -2.42. The molecule has 0 saturated carbocycles. The number of carbonyl (C=O) groups excluding carboxylic acids is 1. The molecule has 0 bridgehead atoms. The number of hydrogen-bond donors (Lipinski definition) is 0. The summed E-state index contributed by atoms with van der Waals surface area (Å²) in [5.74, 6) is 0. The molecule has 0 radical (unpaired) electrons. The van der Waals surface area contributed by atoms with Crippen molar-refractivity contribution in [2.45, 2.75) is 58.3 Å². The van der Waals surface area contributed by atoms with E-state index in [1.54, 1.807) is 0 Å². The Labute approximate surface area is 378 Å². The standard InChI is InChI=1S/C62H53NO/c1-42-16-12-13-25-55(42)61(2,3)56-38-50(26-27-53(56)41-64)45-28-32-54(33-29-45)63-59-34-30-51(48-23-14-21-46(36-48)43-17-8-6-9-18-43)39-57(59)62(4,5)58-40-52(31-35-60(58)63)49-24-15-22-47(37-49)44-19-10-7-11-20-44/h6,8-10,12-41H,7,11H2,1-5H3. The maximum absolute atomic E-state index is 12.5. The molecule has 2 heteroatoms. The Morgan fingerprint density at radius 3 is 1.64 bits per heavy atom. The number of carbonyl (C=O) groups is 1. The molecule has 312 valence electrons. The number of anilines is 3. The van der Waals surface area contributed by atoms with Crippen LogP contribution in [0.15, 0.2) is 200 Å². The number of aryl methyl sites for hydroxylation is 1. The zero-order chi connectivity index (χ0) is 44.0. The predicted octanol–water partition coefficient (Wildman–Crippen LogP) is 16.6. The molecule has 0 fully saturated rings. The Balaban J connectivity index is 1.08. The number of rotatable bonds is 9. The normalized spacial score (nSPS) is 14.1. The first-order valence-electron chi connectivity index (χ1n) is 22.6. The number of hydrogen-bond acceptors (Lipinski definition) is 2. The Kier molecular flexibility index (Phi) is 10.5. The van der Waals surface area contributed by atoms with Crippen molar-refractivity contribution in [2.24, 2.45) is 0 Å². The van der Waals surface area contributed by atoms with Gasteiger partial charge in [0.1, 0.15) is 6.29 Å². The van der Waals surface area contributed by atoms with Gasteiger partial charge in [0.25, 0.3) is 0 Å². The van der Waals surface area contributed by atoms with Gasteiger partial charge in [-0.3, -0.25) is 4.79 Å². The number of fused-ring (bicyclic) bond motifs is 2. The van der Waals surface area contributed by atoms with Crippen LogP contribution in [-0.2, 0) is 10.8 Å². The van der Waals surface area contributed by atoms with Crippen molar-refractivity contribution in [3.8, 4) is 44.5 Å². The fourth-order valence-corrected chi connectivity index (χ4v) is 10.2. The van der Waals surface area contributed by atoms with Crippen molar-refractivity contribution in [3.63, 3.8) is 0 Å². The van der Waals surface area contributed by atoms with Gasteiger partial charge in [0.05, 0.1) is 11.4 Å². The third-order valence-electron chi connectivity index (χ3n) is 13.8. The van der Waals surface area contributed by atoms with Crippen molar-refractivity contribution >= 4 is 28.9 Å². The fourth-order valence-electron chi connectivity index (χ4n) is 10.2. The molecule has 0 saturated heterocycles. The average Bonchev–Trinajstić information content (AvgIpc) is 3.34. The summed E-state index contributed by atoms with van der Waals surface area (Å²) in [7, 11) is 0. The van der Waals surface area contributed by atoms with Gasteiger partial charge in [-0.25, -0.2) is 0 Å². The van der Waals surface area contributed by atoms with Crippen molar-refractivity contribution in [1.29, 1.82) is 0 Å². The van der Waals surface area contributed by atoms with Crippen LogP contribution in [0.2, 0.25) is 0 Å². The lowest BCUT2D eigenvalue weighted by atomic mass is 9.72. The van der Waals surface area contributed by atoms with Gasteiger partial charge in [-0.2, -0.15) is 0 Å². The number of aldehydes is 1. The highest BCUT2D eigenvalue weighted by molar-refractivity contribution is 5.90. The van der Waals surface area contributed by atoms with Gasteiger partial charge >= 0.3 is 0 Å². The molecule has 0 spiro atoms. The molecule has 8 aromatic rings. The van der Waals surface area contributed by atoms with E-state index in [-0.39, 0.29) is 10.8 Å². The Hall–Kier alpha value is -7.29. The Morgan fingerprint density at radius 2 is 1.02 bits per heavy atom. The Morgan fingerprint density at radius 1 is 0.500 bits per heavy atom. The van der Waals surface area contributed by atoms with Gasteiger partial charge < -0.3 is 4.90 Å². The van der Waals surface area contributed by atoms with Crippen molar-refractivity contribution in [1.82, 2.24) is 0 Å². The van der Waals surface area contributed by atoms with E-state index in [9.17, 15) is 4.79 Å². The molecule has 0 amide bonds. The van der Waals surface area contributed by atoms with Crippen LogP contribution >= 0.6 is 0 Å². The van der Waals surface area contributed by atoms with Gasteiger partial charge in [-0.05, 0) is 158 Å².